The number of rotatable bonds is 3. The molecule has 0 spiro atoms. The Hall–Kier alpha value is -2.98. The van der Waals surface area contributed by atoms with Crippen molar-refractivity contribution in [2.75, 3.05) is 24.7 Å². The summed E-state index contributed by atoms with van der Waals surface area (Å²) in [6.07, 6.45) is 5.98. The molecule has 1 saturated heterocycles. The molecule has 146 valence electrons. The minimum absolute atomic E-state index is 0.211. The zero-order valence-corrected chi connectivity index (χ0v) is 16.4. The number of anilines is 1. The molecule has 2 aliphatic rings. The second-order valence-corrected chi connectivity index (χ2v) is 7.85. The SMILES string of the molecule is O=C(N1CCc2cc(-c3ccncc3)ccc21)C1(c2ccccc2)CCOCC1. The Morgan fingerprint density at radius 2 is 1.69 bits per heavy atom. The van der Waals surface area contributed by atoms with Crippen LogP contribution in [0.4, 0.5) is 5.69 Å². The van der Waals surface area contributed by atoms with E-state index in [0.29, 0.717) is 13.2 Å². The van der Waals surface area contributed by atoms with Gasteiger partial charge < -0.3 is 9.64 Å². The smallest absolute Gasteiger partial charge is 0.237 e. The van der Waals surface area contributed by atoms with Crippen LogP contribution >= 0.6 is 0 Å². The number of ether oxygens (including phenoxy) is 1. The maximum absolute atomic E-state index is 13.9. The summed E-state index contributed by atoms with van der Waals surface area (Å²) in [4.78, 5) is 20.0. The second kappa shape index (κ2) is 7.45. The van der Waals surface area contributed by atoms with E-state index in [1.54, 1.807) is 0 Å². The van der Waals surface area contributed by atoms with Gasteiger partial charge in [0.2, 0.25) is 5.91 Å². The first-order valence-electron chi connectivity index (χ1n) is 10.3. The Labute approximate surface area is 171 Å². The standard InChI is InChI=1S/C25H24N2O2/c28-24(25(11-16-29-17-12-25)22-4-2-1-3-5-22)27-15-10-21-18-20(6-7-23(21)27)19-8-13-26-14-9-19/h1-9,13-14,18H,10-12,15-17H2. The van der Waals surface area contributed by atoms with Crippen LogP contribution in [0.2, 0.25) is 0 Å². The predicted octanol–water partition coefficient (Wildman–Crippen LogP) is 4.39. The molecule has 0 radical (unpaired) electrons. The van der Waals surface area contributed by atoms with E-state index in [0.717, 1.165) is 42.6 Å². The highest BCUT2D eigenvalue weighted by Gasteiger charge is 2.45. The molecule has 2 aliphatic heterocycles. The van der Waals surface area contributed by atoms with Crippen LogP contribution in [0.15, 0.2) is 73.1 Å². The van der Waals surface area contributed by atoms with Crippen molar-refractivity contribution in [3.8, 4) is 11.1 Å². The molecule has 4 nitrogen and oxygen atoms in total. The largest absolute Gasteiger partial charge is 0.381 e. The quantitative estimate of drug-likeness (QED) is 0.673. The molecule has 3 heterocycles. The summed E-state index contributed by atoms with van der Waals surface area (Å²) < 4.78 is 5.62. The van der Waals surface area contributed by atoms with Crippen molar-refractivity contribution >= 4 is 11.6 Å². The van der Waals surface area contributed by atoms with E-state index in [2.05, 4.69) is 35.3 Å². The van der Waals surface area contributed by atoms with Gasteiger partial charge in [-0.2, -0.15) is 0 Å². The number of hydrogen-bond acceptors (Lipinski definition) is 3. The molecule has 0 atom stereocenters. The fourth-order valence-corrected chi connectivity index (χ4v) is 4.70. The highest BCUT2D eigenvalue weighted by Crippen LogP contribution is 2.41. The zero-order valence-electron chi connectivity index (χ0n) is 16.4. The second-order valence-electron chi connectivity index (χ2n) is 7.85. The highest BCUT2D eigenvalue weighted by molar-refractivity contribution is 6.03. The van der Waals surface area contributed by atoms with Crippen LogP contribution in [-0.4, -0.2) is 30.6 Å². The van der Waals surface area contributed by atoms with Crippen LogP contribution in [0, 0.1) is 0 Å². The topological polar surface area (TPSA) is 42.4 Å². The zero-order chi connectivity index (χ0) is 19.7. The maximum atomic E-state index is 13.9. The van der Waals surface area contributed by atoms with E-state index in [9.17, 15) is 4.79 Å². The summed E-state index contributed by atoms with van der Waals surface area (Å²) in [6.45, 7) is 1.99. The summed E-state index contributed by atoms with van der Waals surface area (Å²) in [5, 5.41) is 0. The summed E-state index contributed by atoms with van der Waals surface area (Å²) in [5.41, 5.74) is 5.22. The molecule has 0 saturated carbocycles. The average molecular weight is 384 g/mol. The number of aromatic nitrogens is 1. The van der Waals surface area contributed by atoms with Gasteiger partial charge in [0.05, 0.1) is 5.41 Å². The highest BCUT2D eigenvalue weighted by atomic mass is 16.5. The van der Waals surface area contributed by atoms with Crippen molar-refractivity contribution in [2.24, 2.45) is 0 Å². The first-order valence-corrected chi connectivity index (χ1v) is 10.3. The van der Waals surface area contributed by atoms with Crippen LogP contribution in [0.3, 0.4) is 0 Å². The number of pyridine rings is 1. The Balaban J connectivity index is 1.50. The molecule has 0 unspecified atom stereocenters. The minimum Gasteiger partial charge on any atom is -0.381 e. The van der Waals surface area contributed by atoms with Crippen LogP contribution in [0.1, 0.15) is 24.0 Å². The summed E-state index contributed by atoms with van der Waals surface area (Å²) in [7, 11) is 0. The van der Waals surface area contributed by atoms with Gasteiger partial charge in [-0.05, 0) is 65.8 Å². The lowest BCUT2D eigenvalue weighted by molar-refractivity contribution is -0.127. The van der Waals surface area contributed by atoms with Gasteiger partial charge in [-0.1, -0.05) is 36.4 Å². The first kappa shape index (κ1) is 18.1. The molecule has 0 aliphatic carbocycles. The maximum Gasteiger partial charge on any atom is 0.237 e. The molecule has 0 N–H and O–H groups in total. The van der Waals surface area contributed by atoms with E-state index in [1.807, 2.05) is 47.6 Å². The predicted molar refractivity (Wildman–Crippen MR) is 114 cm³/mol. The molecular weight excluding hydrogens is 360 g/mol. The number of fused-ring (bicyclic) bond motifs is 1. The molecule has 1 fully saturated rings. The van der Waals surface area contributed by atoms with Crippen LogP contribution < -0.4 is 4.90 Å². The summed E-state index contributed by atoms with van der Waals surface area (Å²) in [6, 6.07) is 20.7. The van der Waals surface area contributed by atoms with Crippen molar-refractivity contribution in [2.45, 2.75) is 24.7 Å². The van der Waals surface area contributed by atoms with Crippen LogP contribution in [0.5, 0.6) is 0 Å². The molecule has 29 heavy (non-hydrogen) atoms. The van der Waals surface area contributed by atoms with Crippen molar-refractivity contribution in [1.29, 1.82) is 0 Å². The molecule has 2 aromatic carbocycles. The van der Waals surface area contributed by atoms with Gasteiger partial charge in [-0.3, -0.25) is 9.78 Å². The lowest BCUT2D eigenvalue weighted by Gasteiger charge is -2.39. The van der Waals surface area contributed by atoms with Gasteiger partial charge in [0, 0.05) is 37.8 Å². The minimum atomic E-state index is -0.495. The fourth-order valence-electron chi connectivity index (χ4n) is 4.70. The number of nitrogens with zero attached hydrogens (tertiary/aromatic N) is 2. The van der Waals surface area contributed by atoms with Crippen LogP contribution in [0.25, 0.3) is 11.1 Å². The van der Waals surface area contributed by atoms with Gasteiger partial charge in [0.25, 0.3) is 0 Å². The molecular formula is C25H24N2O2. The van der Waals surface area contributed by atoms with Gasteiger partial charge in [0.1, 0.15) is 0 Å². The van der Waals surface area contributed by atoms with Gasteiger partial charge in [0.15, 0.2) is 0 Å². The molecule has 5 rings (SSSR count). The number of benzene rings is 2. The van der Waals surface area contributed by atoms with E-state index in [4.69, 9.17) is 4.74 Å². The Bertz CT molecular complexity index is 1010. The van der Waals surface area contributed by atoms with Gasteiger partial charge in [-0.15, -0.1) is 0 Å². The van der Waals surface area contributed by atoms with Crippen molar-refractivity contribution in [3.05, 3.63) is 84.2 Å². The summed E-state index contributed by atoms with van der Waals surface area (Å²) >= 11 is 0. The molecule has 3 aromatic rings. The fraction of sp³-hybridized carbons (Fsp3) is 0.280. The van der Waals surface area contributed by atoms with Crippen molar-refractivity contribution < 1.29 is 9.53 Å². The normalized spacial score (nSPS) is 17.7. The molecule has 1 aromatic heterocycles. The summed E-state index contributed by atoms with van der Waals surface area (Å²) in [5.74, 6) is 0.211. The van der Waals surface area contributed by atoms with E-state index < -0.39 is 5.41 Å². The first-order chi connectivity index (χ1) is 14.3. The number of hydrogen-bond donors (Lipinski definition) is 0. The monoisotopic (exact) mass is 384 g/mol. The van der Waals surface area contributed by atoms with Gasteiger partial charge in [-0.25, -0.2) is 0 Å². The third-order valence-corrected chi connectivity index (χ3v) is 6.32. The van der Waals surface area contributed by atoms with Crippen molar-refractivity contribution in [1.82, 2.24) is 4.98 Å². The third-order valence-electron chi connectivity index (χ3n) is 6.32. The molecule has 0 bridgehead atoms. The van der Waals surface area contributed by atoms with Crippen LogP contribution in [-0.2, 0) is 21.4 Å². The Morgan fingerprint density at radius 3 is 2.45 bits per heavy atom. The lowest BCUT2D eigenvalue weighted by Crippen LogP contribution is -2.49. The van der Waals surface area contributed by atoms with Crippen molar-refractivity contribution in [3.63, 3.8) is 0 Å². The number of amides is 1. The number of carbonyl (C=O) groups excluding carboxylic acids is 1. The van der Waals surface area contributed by atoms with E-state index >= 15 is 0 Å². The van der Waals surface area contributed by atoms with E-state index in [-0.39, 0.29) is 5.91 Å². The molecule has 4 heteroatoms. The lowest BCUT2D eigenvalue weighted by atomic mass is 9.73. The van der Waals surface area contributed by atoms with E-state index in [1.165, 1.54) is 11.1 Å². The Kier molecular flexibility index (Phi) is 4.64. The molecule has 1 amide bonds. The Morgan fingerprint density at radius 1 is 0.931 bits per heavy atom. The third kappa shape index (κ3) is 3.14. The number of carbonyl (C=O) groups is 1. The average Bonchev–Trinajstić information content (AvgIpc) is 3.23. The van der Waals surface area contributed by atoms with Gasteiger partial charge >= 0.3 is 0 Å².